The summed E-state index contributed by atoms with van der Waals surface area (Å²) in [6.07, 6.45) is 2.98. The number of nitrogens with zero attached hydrogens (tertiary/aromatic N) is 1. The lowest BCUT2D eigenvalue weighted by atomic mass is 9.79. The van der Waals surface area contributed by atoms with Crippen molar-refractivity contribution in [2.24, 2.45) is 10.4 Å². The zero-order chi connectivity index (χ0) is 12.4. The fraction of sp³-hybridized carbons (Fsp3) is 0.917. The van der Waals surface area contributed by atoms with Crippen LogP contribution in [-0.2, 0) is 0 Å². The van der Waals surface area contributed by atoms with E-state index in [9.17, 15) is 0 Å². The molecule has 104 valence electrons. The molecule has 0 fully saturated rings. The number of hydrogen-bond acceptors (Lipinski definition) is 2. The van der Waals surface area contributed by atoms with E-state index < -0.39 is 0 Å². The van der Waals surface area contributed by atoms with Crippen molar-refractivity contribution in [3.05, 3.63) is 0 Å². The zero-order valence-electron chi connectivity index (χ0n) is 11.5. The highest BCUT2D eigenvalue weighted by atomic mass is 127. The molecule has 17 heavy (non-hydrogen) atoms. The maximum Gasteiger partial charge on any atom is 0.190 e. The number of hydrogen-bond donors (Lipinski definition) is 3. The molecule has 4 nitrogen and oxygen atoms in total. The molecule has 0 unspecified atom stereocenters. The Morgan fingerprint density at radius 1 is 1.18 bits per heavy atom. The summed E-state index contributed by atoms with van der Waals surface area (Å²) in [7, 11) is 1.77. The molecule has 0 rings (SSSR count). The summed E-state index contributed by atoms with van der Waals surface area (Å²) in [5.74, 6) is 0.840. The lowest BCUT2D eigenvalue weighted by molar-refractivity contribution is 0.169. The van der Waals surface area contributed by atoms with E-state index in [2.05, 4.69) is 29.5 Å². The highest BCUT2D eigenvalue weighted by Crippen LogP contribution is 2.29. The van der Waals surface area contributed by atoms with Gasteiger partial charge in [-0.05, 0) is 31.6 Å². The number of aliphatic imine (C=N–C) groups is 1. The van der Waals surface area contributed by atoms with Crippen molar-refractivity contribution in [1.82, 2.24) is 10.6 Å². The highest BCUT2D eigenvalue weighted by Gasteiger charge is 2.25. The van der Waals surface area contributed by atoms with Crippen LogP contribution in [0.3, 0.4) is 0 Å². The molecule has 0 aliphatic rings. The van der Waals surface area contributed by atoms with Crippen molar-refractivity contribution in [3.8, 4) is 0 Å². The first kappa shape index (κ1) is 19.3. The number of halogens is 1. The van der Waals surface area contributed by atoms with E-state index in [1.54, 1.807) is 7.05 Å². The van der Waals surface area contributed by atoms with Crippen LogP contribution in [-0.4, -0.2) is 37.8 Å². The molecule has 0 heterocycles. The number of aliphatic hydroxyl groups excluding tert-OH is 1. The van der Waals surface area contributed by atoms with Gasteiger partial charge in [0.05, 0.1) is 0 Å². The van der Waals surface area contributed by atoms with E-state index in [1.165, 1.54) is 0 Å². The summed E-state index contributed by atoms with van der Waals surface area (Å²) in [6, 6.07) is 0. The molecule has 0 atom stereocenters. The summed E-state index contributed by atoms with van der Waals surface area (Å²) in [4.78, 5) is 4.14. The van der Waals surface area contributed by atoms with Crippen molar-refractivity contribution < 1.29 is 5.11 Å². The molecule has 0 spiro atoms. The Hall–Kier alpha value is -0.0400. The largest absolute Gasteiger partial charge is 0.396 e. The Morgan fingerprint density at radius 3 is 2.12 bits per heavy atom. The lowest BCUT2D eigenvalue weighted by Gasteiger charge is -2.32. The highest BCUT2D eigenvalue weighted by molar-refractivity contribution is 14.0. The van der Waals surface area contributed by atoms with Gasteiger partial charge in [-0.15, -0.1) is 24.0 Å². The van der Waals surface area contributed by atoms with E-state index in [4.69, 9.17) is 5.11 Å². The van der Waals surface area contributed by atoms with Crippen LogP contribution in [0.5, 0.6) is 0 Å². The summed E-state index contributed by atoms with van der Waals surface area (Å²) in [5, 5.41) is 15.6. The molecule has 0 aliphatic heterocycles. The number of nitrogens with one attached hydrogen (secondary N) is 2. The molecule has 5 heteroatoms. The second-order valence-corrected chi connectivity index (χ2v) is 4.14. The average molecular weight is 357 g/mol. The first-order chi connectivity index (χ1) is 7.67. The molecule has 0 radical (unpaired) electrons. The first-order valence-corrected chi connectivity index (χ1v) is 6.23. The van der Waals surface area contributed by atoms with Gasteiger partial charge in [0, 0.05) is 26.7 Å². The smallest absolute Gasteiger partial charge is 0.190 e. The summed E-state index contributed by atoms with van der Waals surface area (Å²) in [6.45, 7) is 8.38. The van der Waals surface area contributed by atoms with Crippen LogP contribution in [0.2, 0.25) is 0 Å². The van der Waals surface area contributed by atoms with E-state index >= 15 is 0 Å². The maximum absolute atomic E-state index is 9.12. The van der Waals surface area contributed by atoms with Gasteiger partial charge in [0.2, 0.25) is 0 Å². The van der Waals surface area contributed by atoms with Crippen molar-refractivity contribution in [2.75, 3.05) is 26.7 Å². The van der Waals surface area contributed by atoms with E-state index in [1.807, 2.05) is 6.92 Å². The molecular formula is C12H28IN3O. The van der Waals surface area contributed by atoms with Gasteiger partial charge in [-0.25, -0.2) is 0 Å². The quantitative estimate of drug-likeness (QED) is 0.371. The minimum Gasteiger partial charge on any atom is -0.396 e. The van der Waals surface area contributed by atoms with Gasteiger partial charge in [-0.2, -0.15) is 0 Å². The van der Waals surface area contributed by atoms with E-state index in [0.29, 0.717) is 0 Å². The van der Waals surface area contributed by atoms with Crippen LogP contribution in [0.1, 0.15) is 40.0 Å². The fourth-order valence-electron chi connectivity index (χ4n) is 1.84. The maximum atomic E-state index is 9.12. The SMILES string of the molecule is CCNC(=NC)NCC(CC)(CC)CCO.I. The van der Waals surface area contributed by atoms with Gasteiger partial charge in [-0.1, -0.05) is 13.8 Å². The molecule has 0 saturated carbocycles. The molecule has 3 N–H and O–H groups in total. The van der Waals surface area contributed by atoms with Gasteiger partial charge >= 0.3 is 0 Å². The Bertz CT molecular complexity index is 206. The van der Waals surface area contributed by atoms with Crippen LogP contribution in [0.15, 0.2) is 4.99 Å². The van der Waals surface area contributed by atoms with Crippen molar-refractivity contribution in [2.45, 2.75) is 40.0 Å². The topological polar surface area (TPSA) is 56.7 Å². The Labute approximate surface area is 123 Å². The van der Waals surface area contributed by atoms with E-state index in [-0.39, 0.29) is 36.0 Å². The number of rotatable bonds is 7. The molecule has 0 aromatic rings. The third-order valence-electron chi connectivity index (χ3n) is 3.34. The van der Waals surface area contributed by atoms with Crippen LogP contribution < -0.4 is 10.6 Å². The molecule has 0 aromatic carbocycles. The van der Waals surface area contributed by atoms with Crippen LogP contribution in [0.25, 0.3) is 0 Å². The van der Waals surface area contributed by atoms with E-state index in [0.717, 1.165) is 38.3 Å². The minimum absolute atomic E-state index is 0. The second-order valence-electron chi connectivity index (χ2n) is 4.14. The number of guanidine groups is 1. The average Bonchev–Trinajstić information content (AvgIpc) is 2.33. The lowest BCUT2D eigenvalue weighted by Crippen LogP contribution is -2.43. The monoisotopic (exact) mass is 357 g/mol. The Morgan fingerprint density at radius 2 is 1.76 bits per heavy atom. The second kappa shape index (κ2) is 11.1. The third-order valence-corrected chi connectivity index (χ3v) is 3.34. The van der Waals surface area contributed by atoms with Gasteiger partial charge in [-0.3, -0.25) is 4.99 Å². The molecular weight excluding hydrogens is 329 g/mol. The number of aliphatic hydroxyl groups is 1. The Balaban J connectivity index is 0. The summed E-state index contributed by atoms with van der Waals surface area (Å²) in [5.41, 5.74) is 0.181. The summed E-state index contributed by atoms with van der Waals surface area (Å²) < 4.78 is 0. The molecule has 0 bridgehead atoms. The summed E-state index contributed by atoms with van der Waals surface area (Å²) >= 11 is 0. The predicted molar refractivity (Wildman–Crippen MR) is 85.2 cm³/mol. The van der Waals surface area contributed by atoms with Gasteiger partial charge < -0.3 is 15.7 Å². The first-order valence-electron chi connectivity index (χ1n) is 6.23. The zero-order valence-corrected chi connectivity index (χ0v) is 13.9. The fourth-order valence-corrected chi connectivity index (χ4v) is 1.84. The predicted octanol–water partition coefficient (Wildman–Crippen LogP) is 1.98. The Kier molecular flexibility index (Phi) is 12.6. The van der Waals surface area contributed by atoms with Gasteiger partial charge in [0.1, 0.15) is 0 Å². The van der Waals surface area contributed by atoms with Gasteiger partial charge in [0.25, 0.3) is 0 Å². The third kappa shape index (κ3) is 7.08. The van der Waals surface area contributed by atoms with Crippen LogP contribution in [0, 0.1) is 5.41 Å². The molecule has 0 amide bonds. The minimum atomic E-state index is 0. The molecule has 0 aliphatic carbocycles. The molecule has 0 aromatic heterocycles. The van der Waals surface area contributed by atoms with Crippen molar-refractivity contribution in [1.29, 1.82) is 0 Å². The molecule has 0 saturated heterocycles. The van der Waals surface area contributed by atoms with Crippen molar-refractivity contribution >= 4 is 29.9 Å². The van der Waals surface area contributed by atoms with Gasteiger partial charge in [0.15, 0.2) is 5.96 Å². The van der Waals surface area contributed by atoms with Crippen molar-refractivity contribution in [3.63, 3.8) is 0 Å². The normalized spacial score (nSPS) is 11.9. The standard InChI is InChI=1S/C12H27N3O.HI/c1-5-12(6-2,8-9-16)10-15-11(13-4)14-7-3;/h16H,5-10H2,1-4H3,(H2,13,14,15);1H. The van der Waals surface area contributed by atoms with Crippen LogP contribution in [0.4, 0.5) is 0 Å². The van der Waals surface area contributed by atoms with Crippen LogP contribution >= 0.6 is 24.0 Å².